The molecule has 0 unspecified atom stereocenters. The predicted molar refractivity (Wildman–Crippen MR) is 219 cm³/mol. The molecule has 0 amide bonds. The van der Waals surface area contributed by atoms with Gasteiger partial charge in [0.2, 0.25) is 0 Å². The van der Waals surface area contributed by atoms with Gasteiger partial charge in [-0.25, -0.2) is 9.97 Å². The smallest absolute Gasteiger partial charge is 0.160 e. The third kappa shape index (κ3) is 5.75. The minimum absolute atomic E-state index is 0.679. The highest BCUT2D eigenvalue weighted by atomic mass is 16.3. The van der Waals surface area contributed by atoms with Crippen LogP contribution in [0.15, 0.2) is 199 Å². The van der Waals surface area contributed by atoms with Crippen LogP contribution in [-0.4, -0.2) is 9.97 Å². The molecule has 0 radical (unpaired) electrons. The SMILES string of the molecule is c1ccc(-c2cc(-c3ccc4c(c3)oc3ccccc34)cc(-c3cc(-c4ccccc4)nc(-c4cccc(-c5cccc6ccccc56)c4)n3)c2)cc1. The lowest BCUT2D eigenvalue weighted by Crippen LogP contribution is -1.97. The molecule has 0 aliphatic heterocycles. The molecule has 53 heavy (non-hydrogen) atoms. The van der Waals surface area contributed by atoms with Gasteiger partial charge in [0, 0.05) is 27.5 Å². The molecule has 2 aromatic heterocycles. The van der Waals surface area contributed by atoms with Crippen molar-refractivity contribution in [3.05, 3.63) is 194 Å². The molecule has 0 saturated carbocycles. The van der Waals surface area contributed by atoms with Crippen molar-refractivity contribution in [2.45, 2.75) is 0 Å². The third-order valence-corrected chi connectivity index (χ3v) is 10.1. The van der Waals surface area contributed by atoms with Crippen molar-refractivity contribution in [1.82, 2.24) is 9.97 Å². The second kappa shape index (κ2) is 12.9. The zero-order valence-electron chi connectivity index (χ0n) is 28.8. The van der Waals surface area contributed by atoms with Gasteiger partial charge in [-0.15, -0.1) is 0 Å². The number of rotatable bonds is 6. The van der Waals surface area contributed by atoms with E-state index in [0.29, 0.717) is 5.82 Å². The van der Waals surface area contributed by atoms with E-state index in [1.54, 1.807) is 0 Å². The Morgan fingerprint density at radius 2 is 0.868 bits per heavy atom. The molecule has 3 heteroatoms. The summed E-state index contributed by atoms with van der Waals surface area (Å²) in [5, 5.41) is 4.67. The predicted octanol–water partition coefficient (Wildman–Crippen LogP) is 13.5. The molecule has 248 valence electrons. The Morgan fingerprint density at radius 1 is 0.302 bits per heavy atom. The number of hydrogen-bond acceptors (Lipinski definition) is 3. The van der Waals surface area contributed by atoms with Crippen LogP contribution in [-0.2, 0) is 0 Å². The molecule has 0 aliphatic carbocycles. The molecular weight excluding hydrogens is 645 g/mol. The Labute approximate surface area is 307 Å². The summed E-state index contributed by atoms with van der Waals surface area (Å²) in [4.78, 5) is 10.5. The van der Waals surface area contributed by atoms with E-state index in [-0.39, 0.29) is 0 Å². The number of para-hydroxylation sites is 1. The van der Waals surface area contributed by atoms with Gasteiger partial charge >= 0.3 is 0 Å². The lowest BCUT2D eigenvalue weighted by atomic mass is 9.94. The fourth-order valence-electron chi connectivity index (χ4n) is 7.43. The van der Waals surface area contributed by atoms with Crippen LogP contribution in [0.1, 0.15) is 0 Å². The highest BCUT2D eigenvalue weighted by molar-refractivity contribution is 6.06. The zero-order chi connectivity index (χ0) is 35.1. The molecule has 0 atom stereocenters. The van der Waals surface area contributed by atoms with E-state index >= 15 is 0 Å². The summed E-state index contributed by atoms with van der Waals surface area (Å²) < 4.78 is 6.32. The Hall–Kier alpha value is -7.10. The second-order valence-corrected chi connectivity index (χ2v) is 13.4. The van der Waals surface area contributed by atoms with Crippen molar-refractivity contribution < 1.29 is 4.42 Å². The van der Waals surface area contributed by atoms with Gasteiger partial charge < -0.3 is 4.42 Å². The van der Waals surface area contributed by atoms with Crippen molar-refractivity contribution in [2.24, 2.45) is 0 Å². The van der Waals surface area contributed by atoms with Gasteiger partial charge in [-0.2, -0.15) is 0 Å². The first-order valence-corrected chi connectivity index (χ1v) is 17.9. The highest BCUT2D eigenvalue weighted by Crippen LogP contribution is 2.38. The lowest BCUT2D eigenvalue weighted by molar-refractivity contribution is 0.669. The number of furan rings is 1. The first kappa shape index (κ1) is 30.7. The minimum Gasteiger partial charge on any atom is -0.456 e. The van der Waals surface area contributed by atoms with E-state index in [1.807, 2.05) is 18.2 Å². The molecule has 0 bridgehead atoms. The van der Waals surface area contributed by atoms with Crippen LogP contribution >= 0.6 is 0 Å². The minimum atomic E-state index is 0.679. The standard InChI is InChI=1S/C50H32N2O/c1-3-13-33(14-4-1)39-28-40(36-25-26-45-44-22-9-10-24-48(44)53-49(45)31-36)30-41(29-39)47-32-46(35-16-5-2-6-17-35)51-50(52-47)38-20-11-19-37(27-38)43-23-12-18-34-15-7-8-21-42(34)43/h1-32H. The molecule has 0 aliphatic rings. The van der Waals surface area contributed by atoms with Gasteiger partial charge in [0.25, 0.3) is 0 Å². The Morgan fingerprint density at radius 3 is 1.70 bits per heavy atom. The largest absolute Gasteiger partial charge is 0.456 e. The van der Waals surface area contributed by atoms with Crippen molar-refractivity contribution >= 4 is 32.7 Å². The van der Waals surface area contributed by atoms with Gasteiger partial charge in [-0.3, -0.25) is 0 Å². The first-order chi connectivity index (χ1) is 26.2. The molecular formula is C50H32N2O. The van der Waals surface area contributed by atoms with Crippen molar-refractivity contribution in [3.63, 3.8) is 0 Å². The van der Waals surface area contributed by atoms with Crippen LogP contribution in [0, 0.1) is 0 Å². The highest BCUT2D eigenvalue weighted by Gasteiger charge is 2.16. The van der Waals surface area contributed by atoms with E-state index in [0.717, 1.165) is 77.8 Å². The Kier molecular flexibility index (Phi) is 7.47. The van der Waals surface area contributed by atoms with Gasteiger partial charge in [-0.1, -0.05) is 146 Å². The molecule has 10 rings (SSSR count). The normalized spacial score (nSPS) is 11.4. The molecule has 3 nitrogen and oxygen atoms in total. The third-order valence-electron chi connectivity index (χ3n) is 10.1. The summed E-state index contributed by atoms with van der Waals surface area (Å²) in [5.41, 5.74) is 13.2. The van der Waals surface area contributed by atoms with Crippen LogP contribution in [0.2, 0.25) is 0 Å². The van der Waals surface area contributed by atoms with Crippen LogP contribution < -0.4 is 0 Å². The lowest BCUT2D eigenvalue weighted by Gasteiger charge is -2.14. The van der Waals surface area contributed by atoms with Gasteiger partial charge in [0.15, 0.2) is 5.82 Å². The van der Waals surface area contributed by atoms with Crippen LogP contribution in [0.25, 0.3) is 100.0 Å². The molecule has 2 heterocycles. The first-order valence-electron chi connectivity index (χ1n) is 17.9. The average Bonchev–Trinajstić information content (AvgIpc) is 3.62. The fourth-order valence-corrected chi connectivity index (χ4v) is 7.43. The van der Waals surface area contributed by atoms with Gasteiger partial charge in [-0.05, 0) is 92.7 Å². The van der Waals surface area contributed by atoms with Crippen LogP contribution in [0.5, 0.6) is 0 Å². The van der Waals surface area contributed by atoms with E-state index in [1.165, 1.54) is 16.3 Å². The number of hydrogen-bond donors (Lipinski definition) is 0. The molecule has 10 aromatic rings. The maximum Gasteiger partial charge on any atom is 0.160 e. The van der Waals surface area contributed by atoms with Crippen LogP contribution in [0.4, 0.5) is 0 Å². The second-order valence-electron chi connectivity index (χ2n) is 13.4. The topological polar surface area (TPSA) is 38.9 Å². The Balaban J connectivity index is 1.16. The van der Waals surface area contributed by atoms with E-state index in [2.05, 4.69) is 176 Å². The molecule has 0 saturated heterocycles. The summed E-state index contributed by atoms with van der Waals surface area (Å²) in [6.45, 7) is 0. The summed E-state index contributed by atoms with van der Waals surface area (Å²) >= 11 is 0. The van der Waals surface area contributed by atoms with E-state index in [9.17, 15) is 0 Å². The van der Waals surface area contributed by atoms with E-state index in [4.69, 9.17) is 14.4 Å². The number of aromatic nitrogens is 2. The number of nitrogens with zero attached hydrogens (tertiary/aromatic N) is 2. The maximum absolute atomic E-state index is 6.32. The number of fused-ring (bicyclic) bond motifs is 4. The monoisotopic (exact) mass is 676 g/mol. The molecule has 0 spiro atoms. The van der Waals surface area contributed by atoms with Crippen molar-refractivity contribution in [1.29, 1.82) is 0 Å². The van der Waals surface area contributed by atoms with Crippen molar-refractivity contribution in [3.8, 4) is 67.3 Å². The van der Waals surface area contributed by atoms with Gasteiger partial charge in [0.05, 0.1) is 11.4 Å². The van der Waals surface area contributed by atoms with Gasteiger partial charge in [0.1, 0.15) is 11.2 Å². The summed E-state index contributed by atoms with van der Waals surface area (Å²) in [6, 6.07) is 68.1. The maximum atomic E-state index is 6.32. The van der Waals surface area contributed by atoms with Crippen molar-refractivity contribution in [2.75, 3.05) is 0 Å². The fraction of sp³-hybridized carbons (Fsp3) is 0. The molecule has 0 N–H and O–H groups in total. The molecule has 8 aromatic carbocycles. The quantitative estimate of drug-likeness (QED) is 0.176. The summed E-state index contributed by atoms with van der Waals surface area (Å²) in [6.07, 6.45) is 0. The molecule has 0 fully saturated rings. The number of benzene rings is 8. The average molecular weight is 677 g/mol. The van der Waals surface area contributed by atoms with Crippen LogP contribution in [0.3, 0.4) is 0 Å². The summed E-state index contributed by atoms with van der Waals surface area (Å²) in [5.74, 6) is 0.679. The summed E-state index contributed by atoms with van der Waals surface area (Å²) in [7, 11) is 0. The zero-order valence-corrected chi connectivity index (χ0v) is 28.8. The Bertz CT molecular complexity index is 2940. The van der Waals surface area contributed by atoms with E-state index < -0.39 is 0 Å².